The summed E-state index contributed by atoms with van der Waals surface area (Å²) in [6, 6.07) is 4.05. The molecule has 0 aromatic carbocycles. The van der Waals surface area contributed by atoms with E-state index in [1.807, 2.05) is 40.2 Å². The Morgan fingerprint density at radius 3 is 2.68 bits per heavy atom. The predicted molar refractivity (Wildman–Crippen MR) is 76.1 cm³/mol. The maximum atomic E-state index is 12.2. The van der Waals surface area contributed by atoms with E-state index < -0.39 is 5.54 Å². The minimum Gasteiger partial charge on any atom is -0.342 e. The molecule has 0 atom stereocenters. The summed E-state index contributed by atoms with van der Waals surface area (Å²) >= 11 is 0. The van der Waals surface area contributed by atoms with Gasteiger partial charge in [-0.25, -0.2) is 4.98 Å². The second kappa shape index (κ2) is 5.17. The first-order valence-electron chi connectivity index (χ1n) is 6.59. The lowest BCUT2D eigenvalue weighted by atomic mass is 9.98. The molecule has 2 heterocycles. The van der Waals surface area contributed by atoms with E-state index in [1.165, 1.54) is 0 Å². The summed E-state index contributed by atoms with van der Waals surface area (Å²) in [7, 11) is 3.76. The normalized spacial score (nSPS) is 18.8. The van der Waals surface area contributed by atoms with Crippen LogP contribution in [0.2, 0.25) is 0 Å². The number of aromatic nitrogens is 1. The van der Waals surface area contributed by atoms with Crippen LogP contribution in [0, 0.1) is 0 Å². The first-order valence-corrected chi connectivity index (χ1v) is 6.59. The maximum absolute atomic E-state index is 12.2. The number of nitrogens with one attached hydrogen (secondary N) is 1. The highest BCUT2D eigenvalue weighted by Gasteiger charge is 2.40. The Morgan fingerprint density at radius 2 is 2.11 bits per heavy atom. The zero-order valence-electron chi connectivity index (χ0n) is 12.1. The average molecular weight is 262 g/mol. The molecule has 2 rings (SSSR count). The van der Waals surface area contributed by atoms with Gasteiger partial charge in [0, 0.05) is 32.9 Å². The first kappa shape index (κ1) is 13.8. The van der Waals surface area contributed by atoms with Crippen molar-refractivity contribution in [3.63, 3.8) is 0 Å². The topological polar surface area (TPSA) is 48.5 Å². The summed E-state index contributed by atoms with van der Waals surface area (Å²) in [6.07, 6.45) is 1.87. The molecule has 0 unspecified atom stereocenters. The molecule has 0 aliphatic carbocycles. The van der Waals surface area contributed by atoms with Gasteiger partial charge in [-0.05, 0) is 32.5 Å². The molecule has 1 N–H and O–H groups in total. The van der Waals surface area contributed by atoms with Crippen LogP contribution in [-0.4, -0.2) is 48.5 Å². The highest BCUT2D eigenvalue weighted by Crippen LogP contribution is 2.26. The number of carbonyl (C=O) groups excluding carboxylic acids is 1. The van der Waals surface area contributed by atoms with Gasteiger partial charge in [-0.15, -0.1) is 0 Å². The highest BCUT2D eigenvalue weighted by molar-refractivity contribution is 5.90. The number of nitrogens with zero attached hydrogens (tertiary/aromatic N) is 3. The van der Waals surface area contributed by atoms with Gasteiger partial charge in [-0.2, -0.15) is 0 Å². The molecule has 0 spiro atoms. The molecule has 19 heavy (non-hydrogen) atoms. The van der Waals surface area contributed by atoms with Crippen LogP contribution in [0.4, 0.5) is 5.82 Å². The lowest BCUT2D eigenvalue weighted by molar-refractivity contribution is -0.136. The van der Waals surface area contributed by atoms with Crippen LogP contribution in [0.25, 0.3) is 0 Å². The number of carbonyl (C=O) groups is 1. The van der Waals surface area contributed by atoms with Crippen molar-refractivity contribution in [1.82, 2.24) is 15.2 Å². The SMILES string of the molecule is CNCc1ccc(N2CCN(C)C(=O)C2(C)C)nc1. The number of amides is 1. The van der Waals surface area contributed by atoms with Crippen LogP contribution in [0.1, 0.15) is 19.4 Å². The largest absolute Gasteiger partial charge is 0.342 e. The van der Waals surface area contributed by atoms with E-state index in [2.05, 4.69) is 21.3 Å². The van der Waals surface area contributed by atoms with Crippen LogP contribution in [0.15, 0.2) is 18.3 Å². The Balaban J connectivity index is 2.23. The summed E-state index contributed by atoms with van der Waals surface area (Å²) in [5.41, 5.74) is 0.606. The third-order valence-corrected chi connectivity index (χ3v) is 3.67. The lowest BCUT2D eigenvalue weighted by Gasteiger charge is -2.45. The van der Waals surface area contributed by atoms with E-state index in [0.29, 0.717) is 0 Å². The molecule has 5 heteroatoms. The molecule has 1 amide bonds. The van der Waals surface area contributed by atoms with Crippen molar-refractivity contribution in [3.05, 3.63) is 23.9 Å². The van der Waals surface area contributed by atoms with Gasteiger partial charge in [0.1, 0.15) is 11.4 Å². The molecular formula is C14H22N4O. The Labute approximate surface area is 114 Å². The summed E-state index contributed by atoms with van der Waals surface area (Å²) in [6.45, 7) is 6.26. The van der Waals surface area contributed by atoms with Crippen molar-refractivity contribution in [3.8, 4) is 0 Å². The van der Waals surface area contributed by atoms with Crippen LogP contribution in [0.5, 0.6) is 0 Å². The first-order chi connectivity index (χ1) is 8.96. The van der Waals surface area contributed by atoms with Gasteiger partial charge in [-0.3, -0.25) is 4.79 Å². The second-order valence-electron chi connectivity index (χ2n) is 5.49. The summed E-state index contributed by atoms with van der Waals surface area (Å²) in [5, 5.41) is 3.10. The van der Waals surface area contributed by atoms with Gasteiger partial charge in [0.15, 0.2) is 0 Å². The van der Waals surface area contributed by atoms with Gasteiger partial charge in [0.25, 0.3) is 0 Å². The number of hydrogen-bond donors (Lipinski definition) is 1. The van der Waals surface area contributed by atoms with Crippen LogP contribution < -0.4 is 10.2 Å². The monoisotopic (exact) mass is 262 g/mol. The quantitative estimate of drug-likeness (QED) is 0.877. The van der Waals surface area contributed by atoms with Gasteiger partial charge in [0.2, 0.25) is 5.91 Å². The van der Waals surface area contributed by atoms with Crippen LogP contribution in [-0.2, 0) is 11.3 Å². The van der Waals surface area contributed by atoms with Crippen LogP contribution >= 0.6 is 0 Å². The third-order valence-electron chi connectivity index (χ3n) is 3.67. The Kier molecular flexibility index (Phi) is 3.75. The fourth-order valence-corrected chi connectivity index (χ4v) is 2.50. The Bertz CT molecular complexity index is 455. The number of hydrogen-bond acceptors (Lipinski definition) is 4. The van der Waals surface area contributed by atoms with E-state index in [1.54, 1.807) is 4.90 Å². The highest BCUT2D eigenvalue weighted by atomic mass is 16.2. The fraction of sp³-hybridized carbons (Fsp3) is 0.571. The van der Waals surface area contributed by atoms with Crippen molar-refractivity contribution in [2.75, 3.05) is 32.1 Å². The van der Waals surface area contributed by atoms with Gasteiger partial charge in [0.05, 0.1) is 0 Å². The van der Waals surface area contributed by atoms with Crippen molar-refractivity contribution in [2.45, 2.75) is 25.9 Å². The Morgan fingerprint density at radius 1 is 1.37 bits per heavy atom. The molecule has 1 aromatic heterocycles. The van der Waals surface area contributed by atoms with Crippen molar-refractivity contribution >= 4 is 11.7 Å². The van der Waals surface area contributed by atoms with E-state index in [4.69, 9.17) is 0 Å². The maximum Gasteiger partial charge on any atom is 0.247 e. The molecule has 1 fully saturated rings. The number of piperazine rings is 1. The fourth-order valence-electron chi connectivity index (χ4n) is 2.50. The van der Waals surface area contributed by atoms with Crippen molar-refractivity contribution in [2.24, 2.45) is 0 Å². The van der Waals surface area contributed by atoms with Crippen LogP contribution in [0.3, 0.4) is 0 Å². The summed E-state index contributed by atoms with van der Waals surface area (Å²) in [4.78, 5) is 20.6. The zero-order chi connectivity index (χ0) is 14.0. The van der Waals surface area contributed by atoms with E-state index in [9.17, 15) is 4.79 Å². The third kappa shape index (κ3) is 2.56. The number of rotatable bonds is 3. The number of likely N-dealkylation sites (N-methyl/N-ethyl adjacent to an activating group) is 1. The molecule has 1 saturated heterocycles. The minimum atomic E-state index is -0.537. The van der Waals surface area contributed by atoms with E-state index in [-0.39, 0.29) is 5.91 Å². The molecule has 1 aliphatic heterocycles. The molecule has 1 aromatic rings. The average Bonchev–Trinajstić information content (AvgIpc) is 2.38. The number of pyridine rings is 1. The molecule has 104 valence electrons. The molecule has 0 radical (unpaired) electrons. The lowest BCUT2D eigenvalue weighted by Crippen LogP contribution is -2.62. The zero-order valence-corrected chi connectivity index (χ0v) is 12.1. The van der Waals surface area contributed by atoms with Crippen molar-refractivity contribution < 1.29 is 4.79 Å². The summed E-state index contributed by atoms with van der Waals surface area (Å²) < 4.78 is 0. The van der Waals surface area contributed by atoms with Gasteiger partial charge >= 0.3 is 0 Å². The second-order valence-corrected chi connectivity index (χ2v) is 5.49. The predicted octanol–water partition coefficient (Wildman–Crippen LogP) is 0.858. The smallest absolute Gasteiger partial charge is 0.247 e. The van der Waals surface area contributed by atoms with E-state index >= 15 is 0 Å². The molecule has 1 aliphatic rings. The van der Waals surface area contributed by atoms with E-state index in [0.717, 1.165) is 31.0 Å². The molecule has 0 saturated carbocycles. The summed E-state index contributed by atoms with van der Waals surface area (Å²) in [5.74, 6) is 1.01. The molecular weight excluding hydrogens is 240 g/mol. The number of anilines is 1. The van der Waals surface area contributed by atoms with Crippen molar-refractivity contribution in [1.29, 1.82) is 0 Å². The van der Waals surface area contributed by atoms with Gasteiger partial charge in [-0.1, -0.05) is 6.07 Å². The Hall–Kier alpha value is -1.62. The standard InChI is InChI=1S/C14H22N4O/c1-14(2)13(19)17(4)7-8-18(14)12-6-5-11(9-15-3)10-16-12/h5-6,10,15H,7-9H2,1-4H3. The molecule has 5 nitrogen and oxygen atoms in total. The van der Waals surface area contributed by atoms with Gasteiger partial charge < -0.3 is 15.1 Å². The minimum absolute atomic E-state index is 0.139. The molecule has 0 bridgehead atoms.